The molecule has 2 aromatic rings. The van der Waals surface area contributed by atoms with Crippen LogP contribution >= 0.6 is 0 Å². The zero-order valence-corrected chi connectivity index (χ0v) is 13.7. The van der Waals surface area contributed by atoms with E-state index >= 15 is 0 Å². The molecule has 0 saturated carbocycles. The van der Waals surface area contributed by atoms with Crippen LogP contribution in [-0.4, -0.2) is 18.7 Å². The number of aromatic nitrogens is 1. The van der Waals surface area contributed by atoms with E-state index in [-0.39, 0.29) is 5.75 Å². The fourth-order valence-corrected chi connectivity index (χ4v) is 3.44. The van der Waals surface area contributed by atoms with Gasteiger partial charge in [-0.3, -0.25) is 4.72 Å². The molecule has 0 aliphatic rings. The van der Waals surface area contributed by atoms with Crippen LogP contribution in [0.5, 0.6) is 0 Å². The highest BCUT2D eigenvalue weighted by Crippen LogP contribution is 2.27. The van der Waals surface area contributed by atoms with Crippen molar-refractivity contribution in [2.75, 3.05) is 10.5 Å². The van der Waals surface area contributed by atoms with Gasteiger partial charge in [0.15, 0.2) is 0 Å². The lowest BCUT2D eigenvalue weighted by Crippen LogP contribution is -2.16. The summed E-state index contributed by atoms with van der Waals surface area (Å²) < 4.78 is 27.8. The fourth-order valence-electron chi connectivity index (χ4n) is 2.32. The van der Waals surface area contributed by atoms with E-state index in [0.717, 1.165) is 5.69 Å². The van der Waals surface area contributed by atoms with Crippen molar-refractivity contribution < 1.29 is 8.42 Å². The van der Waals surface area contributed by atoms with Crippen molar-refractivity contribution in [1.29, 1.82) is 10.5 Å². The fraction of sp³-hybridized carbons (Fsp3) is 0.250. The highest BCUT2D eigenvalue weighted by molar-refractivity contribution is 7.92. The lowest BCUT2D eigenvalue weighted by Gasteiger charge is -2.11. The molecule has 0 aliphatic heterocycles. The number of nitrogens with zero attached hydrogens (tertiary/aromatic N) is 3. The smallest absolute Gasteiger partial charge is 0.232 e. The van der Waals surface area contributed by atoms with Crippen molar-refractivity contribution in [3.05, 3.63) is 41.6 Å². The third-order valence-corrected chi connectivity index (χ3v) is 4.89. The summed E-state index contributed by atoms with van der Waals surface area (Å²) in [6.45, 7) is 1.78. The third kappa shape index (κ3) is 3.53. The Bertz CT molecular complexity index is 915. The topological polar surface area (TPSA) is 98.7 Å². The zero-order chi connectivity index (χ0) is 17.0. The maximum absolute atomic E-state index is 11.8. The predicted octanol–water partition coefficient (Wildman–Crippen LogP) is 2.59. The van der Waals surface area contributed by atoms with Gasteiger partial charge >= 0.3 is 0 Å². The molecule has 0 radical (unpaired) electrons. The summed E-state index contributed by atoms with van der Waals surface area (Å²) in [5, 5.41) is 18.4. The number of rotatable bonds is 5. The lowest BCUT2D eigenvalue weighted by molar-refractivity contribution is 0.600. The second-order valence-corrected chi connectivity index (χ2v) is 6.91. The van der Waals surface area contributed by atoms with Crippen LogP contribution in [0.1, 0.15) is 24.6 Å². The molecule has 0 bridgehead atoms. The molecule has 0 atom stereocenters. The predicted molar refractivity (Wildman–Crippen MR) is 88.0 cm³/mol. The quantitative estimate of drug-likeness (QED) is 0.912. The average molecular weight is 328 g/mol. The zero-order valence-electron chi connectivity index (χ0n) is 12.9. The van der Waals surface area contributed by atoms with Gasteiger partial charge in [-0.1, -0.05) is 6.92 Å². The molecular weight excluding hydrogens is 312 g/mol. The average Bonchev–Trinajstić information content (AvgIpc) is 2.87. The van der Waals surface area contributed by atoms with Crippen LogP contribution < -0.4 is 4.72 Å². The molecule has 2 rings (SSSR count). The Hall–Kier alpha value is -2.77. The van der Waals surface area contributed by atoms with E-state index in [1.807, 2.05) is 0 Å². The van der Waals surface area contributed by atoms with E-state index in [0.29, 0.717) is 28.9 Å². The van der Waals surface area contributed by atoms with Crippen molar-refractivity contribution in [2.24, 2.45) is 7.05 Å². The first-order valence-corrected chi connectivity index (χ1v) is 8.68. The molecule has 0 saturated heterocycles. The molecule has 0 amide bonds. The minimum Gasteiger partial charge on any atom is -0.335 e. The first-order valence-electron chi connectivity index (χ1n) is 7.02. The first kappa shape index (κ1) is 16.6. The molecule has 118 valence electrons. The van der Waals surface area contributed by atoms with Gasteiger partial charge in [0.1, 0.15) is 11.8 Å². The van der Waals surface area contributed by atoms with Crippen molar-refractivity contribution in [1.82, 2.24) is 4.57 Å². The molecule has 1 N–H and O–H groups in total. The Morgan fingerprint density at radius 1 is 1.17 bits per heavy atom. The summed E-state index contributed by atoms with van der Waals surface area (Å²) in [5.41, 5.74) is 2.55. The van der Waals surface area contributed by atoms with E-state index in [1.165, 1.54) is 6.07 Å². The van der Waals surface area contributed by atoms with Crippen LogP contribution in [0.15, 0.2) is 30.3 Å². The number of benzene rings is 1. The second kappa shape index (κ2) is 6.55. The molecule has 6 nitrogen and oxygen atoms in total. The van der Waals surface area contributed by atoms with Crippen molar-refractivity contribution >= 4 is 15.7 Å². The van der Waals surface area contributed by atoms with Gasteiger partial charge in [0.2, 0.25) is 10.0 Å². The SMILES string of the molecule is CCCS(=O)(=O)Nc1ccc(-c2ccc(C#N)n2C)c(C#N)c1. The molecule has 0 unspecified atom stereocenters. The van der Waals surface area contributed by atoms with Crippen molar-refractivity contribution in [2.45, 2.75) is 13.3 Å². The molecule has 1 aromatic carbocycles. The molecule has 1 heterocycles. The Labute approximate surface area is 135 Å². The van der Waals surface area contributed by atoms with Crippen LogP contribution in [0.4, 0.5) is 5.69 Å². The number of nitriles is 2. The summed E-state index contributed by atoms with van der Waals surface area (Å²) in [4.78, 5) is 0. The second-order valence-electron chi connectivity index (χ2n) is 5.07. The highest BCUT2D eigenvalue weighted by Gasteiger charge is 2.14. The van der Waals surface area contributed by atoms with Gasteiger partial charge in [0, 0.05) is 18.3 Å². The Kier molecular flexibility index (Phi) is 4.73. The number of hydrogen-bond donors (Lipinski definition) is 1. The molecule has 7 heteroatoms. The normalized spacial score (nSPS) is 10.8. The van der Waals surface area contributed by atoms with Gasteiger partial charge in [-0.05, 0) is 36.8 Å². The highest BCUT2D eigenvalue weighted by atomic mass is 32.2. The largest absolute Gasteiger partial charge is 0.335 e. The summed E-state index contributed by atoms with van der Waals surface area (Å²) in [7, 11) is -1.66. The molecule has 23 heavy (non-hydrogen) atoms. The van der Waals surface area contributed by atoms with Crippen molar-refractivity contribution in [3.8, 4) is 23.4 Å². The number of anilines is 1. The van der Waals surface area contributed by atoms with Gasteiger partial charge in [-0.25, -0.2) is 8.42 Å². The van der Waals surface area contributed by atoms with Gasteiger partial charge in [0.25, 0.3) is 0 Å². The first-order chi connectivity index (χ1) is 10.9. The van der Waals surface area contributed by atoms with E-state index in [2.05, 4.69) is 16.9 Å². The molecule has 1 aromatic heterocycles. The van der Waals surface area contributed by atoms with Gasteiger partial charge in [-0.15, -0.1) is 0 Å². The van der Waals surface area contributed by atoms with E-state index in [4.69, 9.17) is 5.26 Å². The molecular formula is C16H16N4O2S. The standard InChI is InChI=1S/C16H16N4O2S/c1-3-8-23(21,22)19-13-4-6-15(12(9-13)10-17)16-7-5-14(11-18)20(16)2/h4-7,9,19H,3,8H2,1-2H3. The molecule has 0 fully saturated rings. The number of sulfonamides is 1. The van der Waals surface area contributed by atoms with E-state index in [9.17, 15) is 13.7 Å². The number of nitrogens with one attached hydrogen (secondary N) is 1. The maximum Gasteiger partial charge on any atom is 0.232 e. The molecule has 0 aliphatic carbocycles. The molecule has 0 spiro atoms. The van der Waals surface area contributed by atoms with Gasteiger partial charge < -0.3 is 4.57 Å². The summed E-state index contributed by atoms with van der Waals surface area (Å²) in [5.74, 6) is 0.0278. The third-order valence-electron chi connectivity index (χ3n) is 3.40. The van der Waals surface area contributed by atoms with Gasteiger partial charge in [0.05, 0.1) is 23.1 Å². The van der Waals surface area contributed by atoms with Crippen LogP contribution in [-0.2, 0) is 17.1 Å². The minimum atomic E-state index is -3.40. The summed E-state index contributed by atoms with van der Waals surface area (Å²) >= 11 is 0. The Morgan fingerprint density at radius 2 is 1.91 bits per heavy atom. The van der Waals surface area contributed by atoms with Crippen LogP contribution in [0.2, 0.25) is 0 Å². The summed E-state index contributed by atoms with van der Waals surface area (Å²) in [6, 6.07) is 12.4. The van der Waals surface area contributed by atoms with Crippen LogP contribution in [0.3, 0.4) is 0 Å². The van der Waals surface area contributed by atoms with Crippen LogP contribution in [0, 0.1) is 22.7 Å². The lowest BCUT2D eigenvalue weighted by atomic mass is 10.0. The van der Waals surface area contributed by atoms with Crippen LogP contribution in [0.25, 0.3) is 11.3 Å². The Morgan fingerprint density at radius 3 is 2.48 bits per heavy atom. The van der Waals surface area contributed by atoms with E-state index < -0.39 is 10.0 Å². The van der Waals surface area contributed by atoms with Crippen molar-refractivity contribution in [3.63, 3.8) is 0 Å². The number of hydrogen-bond acceptors (Lipinski definition) is 4. The summed E-state index contributed by atoms with van der Waals surface area (Å²) in [6.07, 6.45) is 0.513. The van der Waals surface area contributed by atoms with Gasteiger partial charge in [-0.2, -0.15) is 10.5 Å². The van der Waals surface area contributed by atoms with E-state index in [1.54, 1.807) is 42.8 Å². The minimum absolute atomic E-state index is 0.0278. The monoisotopic (exact) mass is 328 g/mol. The Balaban J connectivity index is 2.44. The maximum atomic E-state index is 11.8.